The van der Waals surface area contributed by atoms with Crippen LogP contribution >= 0.6 is 0 Å². The SMILES string of the molecule is CC(NCCCOCc1ccco1)c1cncc(F)c1. The Morgan fingerprint density at radius 2 is 2.35 bits per heavy atom. The van der Waals surface area contributed by atoms with Gasteiger partial charge < -0.3 is 14.5 Å². The molecule has 1 atom stereocenters. The molecule has 0 aromatic carbocycles. The fourth-order valence-electron chi connectivity index (χ4n) is 1.84. The van der Waals surface area contributed by atoms with E-state index < -0.39 is 0 Å². The zero-order chi connectivity index (χ0) is 14.2. The van der Waals surface area contributed by atoms with E-state index in [4.69, 9.17) is 9.15 Å². The van der Waals surface area contributed by atoms with Crippen molar-refractivity contribution in [3.8, 4) is 0 Å². The average molecular weight is 278 g/mol. The molecule has 1 N–H and O–H groups in total. The van der Waals surface area contributed by atoms with Gasteiger partial charge in [-0.2, -0.15) is 0 Å². The molecule has 2 aromatic heterocycles. The zero-order valence-corrected chi connectivity index (χ0v) is 11.5. The molecule has 0 amide bonds. The molecule has 0 bridgehead atoms. The van der Waals surface area contributed by atoms with Gasteiger partial charge in [0.2, 0.25) is 0 Å². The lowest BCUT2D eigenvalue weighted by Gasteiger charge is -2.13. The van der Waals surface area contributed by atoms with E-state index in [0.717, 1.165) is 24.3 Å². The van der Waals surface area contributed by atoms with E-state index >= 15 is 0 Å². The first-order valence-electron chi connectivity index (χ1n) is 6.69. The highest BCUT2D eigenvalue weighted by atomic mass is 19.1. The molecule has 0 saturated heterocycles. The molecular formula is C15H19FN2O2. The number of ether oxygens (including phenoxy) is 1. The van der Waals surface area contributed by atoms with E-state index in [9.17, 15) is 4.39 Å². The molecule has 4 nitrogen and oxygen atoms in total. The van der Waals surface area contributed by atoms with Gasteiger partial charge in [0.25, 0.3) is 0 Å². The number of rotatable bonds is 8. The van der Waals surface area contributed by atoms with Crippen molar-refractivity contribution in [1.82, 2.24) is 10.3 Å². The third-order valence-electron chi connectivity index (χ3n) is 2.97. The maximum Gasteiger partial charge on any atom is 0.141 e. The number of nitrogens with zero attached hydrogens (tertiary/aromatic N) is 1. The predicted molar refractivity (Wildman–Crippen MR) is 73.6 cm³/mol. The normalized spacial score (nSPS) is 12.5. The van der Waals surface area contributed by atoms with Crippen molar-refractivity contribution in [2.24, 2.45) is 0 Å². The first kappa shape index (κ1) is 14.7. The van der Waals surface area contributed by atoms with Crippen molar-refractivity contribution >= 4 is 0 Å². The van der Waals surface area contributed by atoms with Crippen LogP contribution in [0.2, 0.25) is 0 Å². The third-order valence-corrected chi connectivity index (χ3v) is 2.97. The van der Waals surface area contributed by atoms with E-state index in [1.54, 1.807) is 12.5 Å². The van der Waals surface area contributed by atoms with E-state index in [0.29, 0.717) is 13.2 Å². The van der Waals surface area contributed by atoms with E-state index in [-0.39, 0.29) is 11.9 Å². The van der Waals surface area contributed by atoms with Gasteiger partial charge >= 0.3 is 0 Å². The van der Waals surface area contributed by atoms with Gasteiger partial charge in [-0.1, -0.05) is 0 Å². The molecule has 2 rings (SSSR count). The zero-order valence-electron chi connectivity index (χ0n) is 11.5. The van der Waals surface area contributed by atoms with Gasteiger partial charge in [0.05, 0.1) is 12.5 Å². The first-order chi connectivity index (χ1) is 9.75. The molecule has 2 heterocycles. The summed E-state index contributed by atoms with van der Waals surface area (Å²) in [5.41, 5.74) is 0.849. The molecule has 0 spiro atoms. The van der Waals surface area contributed by atoms with Crippen LogP contribution in [0.3, 0.4) is 0 Å². The summed E-state index contributed by atoms with van der Waals surface area (Å²) in [7, 11) is 0. The molecule has 0 aliphatic heterocycles. The summed E-state index contributed by atoms with van der Waals surface area (Å²) >= 11 is 0. The van der Waals surface area contributed by atoms with Crippen LogP contribution in [0.5, 0.6) is 0 Å². The summed E-state index contributed by atoms with van der Waals surface area (Å²) in [6.07, 6.45) is 5.40. The van der Waals surface area contributed by atoms with Crippen LogP contribution in [-0.2, 0) is 11.3 Å². The number of hydrogen-bond acceptors (Lipinski definition) is 4. The van der Waals surface area contributed by atoms with Gasteiger partial charge in [-0.15, -0.1) is 0 Å². The van der Waals surface area contributed by atoms with Crippen molar-refractivity contribution in [1.29, 1.82) is 0 Å². The summed E-state index contributed by atoms with van der Waals surface area (Å²) in [5.74, 6) is 0.523. The molecule has 0 radical (unpaired) electrons. The first-order valence-corrected chi connectivity index (χ1v) is 6.69. The molecule has 20 heavy (non-hydrogen) atoms. The van der Waals surface area contributed by atoms with Crippen LogP contribution in [0.25, 0.3) is 0 Å². The molecule has 0 aliphatic carbocycles. The summed E-state index contributed by atoms with van der Waals surface area (Å²) in [5, 5.41) is 3.31. The Labute approximate surface area is 118 Å². The molecule has 108 valence electrons. The number of furan rings is 1. The van der Waals surface area contributed by atoms with Crippen LogP contribution in [0.15, 0.2) is 41.3 Å². The van der Waals surface area contributed by atoms with Crippen LogP contribution in [-0.4, -0.2) is 18.1 Å². The largest absolute Gasteiger partial charge is 0.467 e. The molecule has 0 aliphatic rings. The topological polar surface area (TPSA) is 47.3 Å². The molecule has 1 unspecified atom stereocenters. The summed E-state index contributed by atoms with van der Waals surface area (Å²) in [6, 6.07) is 5.30. The Balaban J connectivity index is 1.58. The standard InChI is InChI=1S/C15H19FN2O2/c1-12(13-8-14(16)10-17-9-13)18-5-3-6-19-11-15-4-2-7-20-15/h2,4,7-10,12,18H,3,5-6,11H2,1H3. The van der Waals surface area contributed by atoms with Crippen molar-refractivity contribution in [2.75, 3.05) is 13.2 Å². The van der Waals surface area contributed by atoms with Gasteiger partial charge in [-0.05, 0) is 43.7 Å². The quantitative estimate of drug-likeness (QED) is 0.754. The number of aromatic nitrogens is 1. The van der Waals surface area contributed by atoms with E-state index in [2.05, 4.69) is 10.3 Å². The summed E-state index contributed by atoms with van der Waals surface area (Å²) < 4.78 is 23.7. The fraction of sp³-hybridized carbons (Fsp3) is 0.400. The monoisotopic (exact) mass is 278 g/mol. The van der Waals surface area contributed by atoms with E-state index in [1.165, 1.54) is 12.3 Å². The van der Waals surface area contributed by atoms with Crippen LogP contribution in [0.1, 0.15) is 30.7 Å². The highest BCUT2D eigenvalue weighted by Crippen LogP contribution is 2.11. The lowest BCUT2D eigenvalue weighted by atomic mass is 10.1. The summed E-state index contributed by atoms with van der Waals surface area (Å²) in [6.45, 7) is 3.94. The fourth-order valence-corrected chi connectivity index (χ4v) is 1.84. The lowest BCUT2D eigenvalue weighted by Crippen LogP contribution is -2.21. The Morgan fingerprint density at radius 1 is 1.45 bits per heavy atom. The Bertz CT molecular complexity index is 502. The Kier molecular flexibility index (Phi) is 5.70. The number of halogens is 1. The predicted octanol–water partition coefficient (Wildman–Crippen LogP) is 3.07. The number of hydrogen-bond donors (Lipinski definition) is 1. The average Bonchev–Trinajstić information content (AvgIpc) is 2.95. The van der Waals surface area contributed by atoms with Crippen molar-refractivity contribution in [3.63, 3.8) is 0 Å². The van der Waals surface area contributed by atoms with Gasteiger partial charge in [0.15, 0.2) is 0 Å². The molecule has 2 aromatic rings. The molecule has 0 fully saturated rings. The van der Waals surface area contributed by atoms with Gasteiger partial charge in [-0.25, -0.2) is 4.39 Å². The lowest BCUT2D eigenvalue weighted by molar-refractivity contribution is 0.104. The van der Waals surface area contributed by atoms with Crippen LogP contribution < -0.4 is 5.32 Å². The smallest absolute Gasteiger partial charge is 0.141 e. The highest BCUT2D eigenvalue weighted by molar-refractivity contribution is 5.14. The maximum absolute atomic E-state index is 13.0. The van der Waals surface area contributed by atoms with Gasteiger partial charge in [0, 0.05) is 18.8 Å². The van der Waals surface area contributed by atoms with Crippen molar-refractivity contribution in [2.45, 2.75) is 26.0 Å². The molecule has 5 heteroatoms. The second kappa shape index (κ2) is 7.77. The number of nitrogens with one attached hydrogen (secondary N) is 1. The van der Waals surface area contributed by atoms with Crippen LogP contribution in [0.4, 0.5) is 4.39 Å². The van der Waals surface area contributed by atoms with Gasteiger partial charge in [-0.3, -0.25) is 4.98 Å². The molecular weight excluding hydrogens is 259 g/mol. The second-order valence-electron chi connectivity index (χ2n) is 4.60. The van der Waals surface area contributed by atoms with Crippen molar-refractivity contribution in [3.05, 3.63) is 54.0 Å². The minimum absolute atomic E-state index is 0.0725. The Hall–Kier alpha value is -1.72. The molecule has 0 saturated carbocycles. The van der Waals surface area contributed by atoms with E-state index in [1.807, 2.05) is 19.1 Å². The number of pyridine rings is 1. The highest BCUT2D eigenvalue weighted by Gasteiger charge is 2.05. The minimum Gasteiger partial charge on any atom is -0.467 e. The maximum atomic E-state index is 13.0. The summed E-state index contributed by atoms with van der Waals surface area (Å²) in [4.78, 5) is 3.84. The van der Waals surface area contributed by atoms with Crippen molar-refractivity contribution < 1.29 is 13.5 Å². The minimum atomic E-state index is -0.307. The third kappa shape index (κ3) is 4.75. The van der Waals surface area contributed by atoms with Crippen LogP contribution in [0, 0.1) is 5.82 Å². The Morgan fingerprint density at radius 3 is 3.10 bits per heavy atom. The van der Waals surface area contributed by atoms with Gasteiger partial charge in [0.1, 0.15) is 18.2 Å². The second-order valence-corrected chi connectivity index (χ2v) is 4.60.